The van der Waals surface area contributed by atoms with Gasteiger partial charge in [0.15, 0.2) is 0 Å². The molecule has 0 saturated heterocycles. The number of nitrogens with one attached hydrogen (secondary N) is 2. The van der Waals surface area contributed by atoms with Crippen LogP contribution in [0.25, 0.3) is 0 Å². The summed E-state index contributed by atoms with van der Waals surface area (Å²) >= 11 is 0. The zero-order chi connectivity index (χ0) is 17.4. The summed E-state index contributed by atoms with van der Waals surface area (Å²) in [5.41, 5.74) is -11.3. The number of hydrogen-bond donors (Lipinski definition) is 2. The van der Waals surface area contributed by atoms with Crippen LogP contribution in [0.1, 0.15) is 25.7 Å². The van der Waals surface area contributed by atoms with Crippen molar-refractivity contribution < 1.29 is 78.8 Å². The predicted octanol–water partition coefficient (Wildman–Crippen LogP) is 0.527. The Morgan fingerprint density at radius 3 is 1.17 bits per heavy atom. The second-order valence-corrected chi connectivity index (χ2v) is 8.04. The molecule has 0 unspecified atom stereocenters. The molecular weight excluding hydrogens is 512 g/mol. The fourth-order valence-corrected chi connectivity index (χ4v) is 3.57. The van der Waals surface area contributed by atoms with Crippen molar-refractivity contribution in [2.45, 2.75) is 48.8 Å². The summed E-state index contributed by atoms with van der Waals surface area (Å²) in [6, 6.07) is -3.23. The number of rotatable bonds is 4. The molecule has 0 heterocycles. The molecule has 137 valence electrons. The first-order valence-electron chi connectivity index (χ1n) is 5.84. The van der Waals surface area contributed by atoms with E-state index >= 15 is 0 Å². The van der Waals surface area contributed by atoms with E-state index in [1.807, 2.05) is 0 Å². The van der Waals surface area contributed by atoms with Crippen LogP contribution >= 0.6 is 0 Å². The summed E-state index contributed by atoms with van der Waals surface area (Å²) < 4.78 is 120. The Bertz CT molecular complexity index is 555. The molecule has 16 heteroatoms. The fraction of sp³-hybridized carbons (Fsp3) is 1.00. The van der Waals surface area contributed by atoms with Gasteiger partial charge < -0.3 is 0 Å². The third kappa shape index (κ3) is 7.07. The molecule has 0 aliphatic heterocycles. The van der Waals surface area contributed by atoms with Crippen LogP contribution in [0.5, 0.6) is 0 Å². The van der Waals surface area contributed by atoms with E-state index in [1.165, 1.54) is 9.44 Å². The van der Waals surface area contributed by atoms with Crippen molar-refractivity contribution in [3.63, 3.8) is 0 Å². The molecule has 6 nitrogen and oxygen atoms in total. The molecule has 0 spiro atoms. The van der Waals surface area contributed by atoms with Crippen LogP contribution in [-0.4, -0.2) is 58.8 Å². The molecule has 2 N–H and O–H groups in total. The van der Waals surface area contributed by atoms with Crippen molar-refractivity contribution in [3.05, 3.63) is 0 Å². The van der Waals surface area contributed by atoms with Crippen LogP contribution in [0, 0.1) is 35.6 Å². The van der Waals surface area contributed by atoms with Gasteiger partial charge in [0.1, 0.15) is 0 Å². The Morgan fingerprint density at radius 2 is 0.958 bits per heavy atom. The van der Waals surface area contributed by atoms with Crippen molar-refractivity contribution in [2.75, 3.05) is 0 Å². The Kier molecular flexibility index (Phi) is 10.7. The summed E-state index contributed by atoms with van der Waals surface area (Å²) in [6.07, 6.45) is 0.0469. The van der Waals surface area contributed by atoms with E-state index in [0.29, 0.717) is 0 Å². The number of alkyl halides is 6. The Morgan fingerprint density at radius 1 is 0.708 bits per heavy atom. The molecule has 0 amide bonds. The molecule has 0 aromatic rings. The third-order valence-corrected chi connectivity index (χ3v) is 5.43. The molecule has 0 aromatic heterocycles. The molecule has 1 aliphatic carbocycles. The Hall–Kier alpha value is 1.19. The topological polar surface area (TPSA) is 92.3 Å². The quantitative estimate of drug-likeness (QED) is 0.414. The van der Waals surface area contributed by atoms with E-state index in [0.717, 1.165) is 0 Å². The first-order chi connectivity index (χ1) is 9.67. The zero-order valence-electron chi connectivity index (χ0n) is 11.3. The zero-order valence-corrected chi connectivity index (χ0v) is 16.5. The summed E-state index contributed by atoms with van der Waals surface area (Å²) in [6.45, 7) is 0. The molecule has 1 fully saturated rings. The van der Waals surface area contributed by atoms with Gasteiger partial charge in [0.2, 0.25) is 0 Å². The number of halogens is 6. The summed E-state index contributed by atoms with van der Waals surface area (Å²) in [7, 11) is -11.6. The fourth-order valence-electron chi connectivity index (χ4n) is 1.95. The van der Waals surface area contributed by atoms with E-state index in [4.69, 9.17) is 0 Å². The average Bonchev–Trinajstić information content (AvgIpc) is 2.28. The van der Waals surface area contributed by atoms with Crippen molar-refractivity contribution in [1.82, 2.24) is 9.44 Å². The molecule has 0 bridgehead atoms. The molecule has 0 aromatic carbocycles. The van der Waals surface area contributed by atoms with Gasteiger partial charge in [-0.15, -0.1) is 0 Å². The van der Waals surface area contributed by atoms with Crippen LogP contribution in [0.15, 0.2) is 0 Å². The van der Waals surface area contributed by atoms with Gasteiger partial charge in [-0.25, -0.2) is 26.3 Å². The summed E-state index contributed by atoms with van der Waals surface area (Å²) in [5, 5.41) is 0. The van der Waals surface area contributed by atoms with E-state index in [-0.39, 0.29) is 80.1 Å². The van der Waals surface area contributed by atoms with Crippen LogP contribution in [0.2, 0.25) is 0 Å². The minimum absolute atomic E-state index is 0. The average molecular weight is 525 g/mol. The molecule has 1 radical (unpaired) electrons. The van der Waals surface area contributed by atoms with Crippen molar-refractivity contribution >= 4 is 38.9 Å². The van der Waals surface area contributed by atoms with Gasteiger partial charge in [0, 0.05) is 47.7 Å². The van der Waals surface area contributed by atoms with Crippen LogP contribution < -0.4 is 9.44 Å². The van der Waals surface area contributed by atoms with Crippen molar-refractivity contribution in [3.8, 4) is 0 Å². The molecular formula is C8H13F6LaLiN2O4S2. The van der Waals surface area contributed by atoms with Gasteiger partial charge in [-0.3, -0.25) is 0 Å². The first kappa shape index (κ1) is 27.4. The second-order valence-electron chi connectivity index (χ2n) is 4.63. The van der Waals surface area contributed by atoms with Crippen LogP contribution in [0.3, 0.4) is 0 Å². The summed E-state index contributed by atoms with van der Waals surface area (Å²) in [5.74, 6) is 0. The second kappa shape index (κ2) is 9.41. The summed E-state index contributed by atoms with van der Waals surface area (Å²) in [4.78, 5) is 0. The van der Waals surface area contributed by atoms with Gasteiger partial charge >= 0.3 is 49.9 Å². The van der Waals surface area contributed by atoms with E-state index in [9.17, 15) is 43.2 Å². The van der Waals surface area contributed by atoms with E-state index < -0.39 is 43.1 Å². The van der Waals surface area contributed by atoms with Crippen LogP contribution in [0.4, 0.5) is 26.3 Å². The van der Waals surface area contributed by atoms with Gasteiger partial charge in [-0.2, -0.15) is 26.3 Å². The molecule has 1 aliphatic rings. The predicted molar refractivity (Wildman–Crippen MR) is 69.4 cm³/mol. The van der Waals surface area contributed by atoms with E-state index in [2.05, 4.69) is 0 Å². The molecule has 24 heavy (non-hydrogen) atoms. The minimum atomic E-state index is -5.79. The monoisotopic (exact) mass is 525 g/mol. The Balaban J connectivity index is 0. The Labute approximate surface area is 174 Å². The van der Waals surface area contributed by atoms with Gasteiger partial charge in [-0.05, 0) is 12.8 Å². The van der Waals surface area contributed by atoms with Crippen LogP contribution in [-0.2, 0) is 20.0 Å². The normalized spacial score (nSPS) is 23.1. The molecule has 1 rings (SSSR count). The molecule has 1 saturated carbocycles. The standard InChI is InChI=1S/C8H12F6N2O4S2.La.Li.H/c9-7(10,11)21(17,18)15-5-3-1-2-4-6(5)16-22(19,20)8(12,13)14;;;/h5-6,15-16H,1-4H2;;;/t5-,6-;;;/m1.../s1. The maximum atomic E-state index is 12.3. The number of hydrogen-bond acceptors (Lipinski definition) is 4. The van der Waals surface area contributed by atoms with E-state index in [1.54, 1.807) is 0 Å². The van der Waals surface area contributed by atoms with Crippen molar-refractivity contribution in [2.24, 2.45) is 0 Å². The maximum absolute atomic E-state index is 12.3. The van der Waals surface area contributed by atoms with Gasteiger partial charge in [0.25, 0.3) is 0 Å². The third-order valence-electron chi connectivity index (χ3n) is 2.99. The van der Waals surface area contributed by atoms with Gasteiger partial charge in [-0.1, -0.05) is 12.8 Å². The SMILES string of the molecule is O=S(=O)(N[C@@H]1CCCC[C@H]1NS(=O)(=O)C(F)(F)F)C(F)(F)F.[La].[LiH]. The van der Waals surface area contributed by atoms with Gasteiger partial charge in [0.05, 0.1) is 0 Å². The number of sulfonamides is 2. The first-order valence-corrected chi connectivity index (χ1v) is 8.81. The molecule has 2 atom stereocenters. The van der Waals surface area contributed by atoms with Crippen molar-refractivity contribution in [1.29, 1.82) is 0 Å².